The molecule has 1 N–H and O–H groups in total. The summed E-state index contributed by atoms with van der Waals surface area (Å²) < 4.78 is 14.8. The van der Waals surface area contributed by atoms with Gasteiger partial charge in [0.05, 0.1) is 11.3 Å². The molecule has 4 aromatic rings. The van der Waals surface area contributed by atoms with E-state index in [-0.39, 0.29) is 23.7 Å². The van der Waals surface area contributed by atoms with Crippen LogP contribution in [0.2, 0.25) is 0 Å². The Labute approximate surface area is 202 Å². The summed E-state index contributed by atoms with van der Waals surface area (Å²) in [7, 11) is 0. The lowest BCUT2D eigenvalue weighted by molar-refractivity contribution is 0.0699. The van der Waals surface area contributed by atoms with Crippen molar-refractivity contribution in [1.82, 2.24) is 25.0 Å². The van der Waals surface area contributed by atoms with Crippen LogP contribution in [0.25, 0.3) is 16.9 Å². The molecule has 0 spiro atoms. The molecule has 0 atom stereocenters. The highest BCUT2D eigenvalue weighted by molar-refractivity contribution is 6.00. The lowest BCUT2D eigenvalue weighted by atomic mass is 10.0. The Hall–Kier alpha value is -4.33. The van der Waals surface area contributed by atoms with E-state index in [0.29, 0.717) is 42.8 Å². The van der Waals surface area contributed by atoms with E-state index in [2.05, 4.69) is 10.3 Å². The fourth-order valence-electron chi connectivity index (χ4n) is 4.23. The van der Waals surface area contributed by atoms with Gasteiger partial charge in [-0.25, -0.2) is 9.07 Å². The number of benzene rings is 2. The summed E-state index contributed by atoms with van der Waals surface area (Å²) in [5, 5.41) is 7.70. The van der Waals surface area contributed by atoms with Gasteiger partial charge in [0.15, 0.2) is 0 Å². The highest BCUT2D eigenvalue weighted by atomic mass is 19.1. The van der Waals surface area contributed by atoms with Crippen LogP contribution in [0, 0.1) is 5.82 Å². The minimum absolute atomic E-state index is 0.0542. The molecule has 0 saturated carbocycles. The van der Waals surface area contributed by atoms with Crippen molar-refractivity contribution in [3.8, 4) is 16.9 Å². The summed E-state index contributed by atoms with van der Waals surface area (Å²) in [6, 6.07) is 18.8. The number of likely N-dealkylation sites (tertiary alicyclic amines) is 1. The molecule has 0 radical (unpaired) electrons. The van der Waals surface area contributed by atoms with Gasteiger partial charge in [0, 0.05) is 48.8 Å². The van der Waals surface area contributed by atoms with Crippen molar-refractivity contribution in [2.24, 2.45) is 0 Å². The van der Waals surface area contributed by atoms with Crippen LogP contribution in [0.1, 0.15) is 33.6 Å². The zero-order valence-electron chi connectivity index (χ0n) is 19.0. The van der Waals surface area contributed by atoms with E-state index < -0.39 is 0 Å². The number of nitrogens with one attached hydrogen (secondary N) is 1. The standard InChI is InChI=1S/C27H24FN5O2/c28-21-10-8-19(9-11-21)26(34)30-22-12-15-32(16-13-22)27(35)24-18-33(23-6-2-1-3-7-23)31-25(24)20-5-4-14-29-17-20/h1-11,14,17-18,22H,12-13,15-16H2,(H,30,34). The van der Waals surface area contributed by atoms with Gasteiger partial charge in [-0.1, -0.05) is 18.2 Å². The first kappa shape index (κ1) is 22.5. The van der Waals surface area contributed by atoms with Crippen LogP contribution in [-0.4, -0.2) is 50.6 Å². The highest BCUT2D eigenvalue weighted by Crippen LogP contribution is 2.25. The number of carbonyl (C=O) groups excluding carboxylic acids is 2. The predicted molar refractivity (Wildman–Crippen MR) is 130 cm³/mol. The van der Waals surface area contributed by atoms with Gasteiger partial charge in [0.25, 0.3) is 11.8 Å². The van der Waals surface area contributed by atoms with Crippen molar-refractivity contribution >= 4 is 11.8 Å². The normalized spacial score (nSPS) is 14.0. The molecule has 7 nitrogen and oxygen atoms in total. The van der Waals surface area contributed by atoms with E-state index in [0.717, 1.165) is 11.3 Å². The molecule has 0 aliphatic carbocycles. The largest absolute Gasteiger partial charge is 0.349 e. The number of halogens is 1. The fourth-order valence-corrected chi connectivity index (χ4v) is 4.23. The number of hydrogen-bond acceptors (Lipinski definition) is 4. The van der Waals surface area contributed by atoms with E-state index in [1.807, 2.05) is 42.5 Å². The minimum atomic E-state index is -0.380. The number of rotatable bonds is 5. The summed E-state index contributed by atoms with van der Waals surface area (Å²) in [6.45, 7) is 1.02. The Morgan fingerprint density at radius 1 is 0.943 bits per heavy atom. The Bertz CT molecular complexity index is 1310. The number of carbonyl (C=O) groups is 2. The molecule has 3 heterocycles. The monoisotopic (exact) mass is 469 g/mol. The zero-order valence-corrected chi connectivity index (χ0v) is 19.0. The van der Waals surface area contributed by atoms with Crippen molar-refractivity contribution in [2.45, 2.75) is 18.9 Å². The number of piperidine rings is 1. The van der Waals surface area contributed by atoms with Gasteiger partial charge in [0.1, 0.15) is 11.5 Å². The first-order chi connectivity index (χ1) is 17.1. The third-order valence-electron chi connectivity index (χ3n) is 6.12. The Morgan fingerprint density at radius 2 is 1.69 bits per heavy atom. The van der Waals surface area contributed by atoms with Crippen LogP contribution in [0.5, 0.6) is 0 Å². The van der Waals surface area contributed by atoms with Gasteiger partial charge in [-0.15, -0.1) is 0 Å². The third kappa shape index (κ3) is 4.96. The second-order valence-corrected chi connectivity index (χ2v) is 8.46. The first-order valence-corrected chi connectivity index (χ1v) is 11.5. The minimum Gasteiger partial charge on any atom is -0.349 e. The molecule has 1 fully saturated rings. The van der Waals surface area contributed by atoms with Gasteiger partial charge < -0.3 is 10.2 Å². The number of para-hydroxylation sites is 1. The molecule has 1 aliphatic rings. The summed E-state index contributed by atoms with van der Waals surface area (Å²) in [5.41, 5.74) is 3.14. The molecule has 1 aliphatic heterocycles. The molecule has 2 amide bonds. The van der Waals surface area contributed by atoms with E-state index in [1.165, 1.54) is 24.3 Å². The van der Waals surface area contributed by atoms with Crippen LogP contribution < -0.4 is 5.32 Å². The van der Waals surface area contributed by atoms with Crippen molar-refractivity contribution in [2.75, 3.05) is 13.1 Å². The van der Waals surface area contributed by atoms with E-state index in [9.17, 15) is 14.0 Å². The van der Waals surface area contributed by atoms with E-state index in [1.54, 1.807) is 28.2 Å². The second kappa shape index (κ2) is 9.89. The molecular weight excluding hydrogens is 445 g/mol. The number of hydrogen-bond donors (Lipinski definition) is 1. The van der Waals surface area contributed by atoms with Crippen molar-refractivity contribution in [3.05, 3.63) is 102 Å². The summed E-state index contributed by atoms with van der Waals surface area (Å²) in [6.07, 6.45) is 6.42. The number of pyridine rings is 1. The molecule has 8 heteroatoms. The Kier molecular flexibility index (Phi) is 6.34. The SMILES string of the molecule is O=C(NC1CCN(C(=O)c2cn(-c3ccccc3)nc2-c2cccnc2)CC1)c1ccc(F)cc1. The molecular formula is C27H24FN5O2. The predicted octanol–water partition coefficient (Wildman–Crippen LogP) is 4.11. The first-order valence-electron chi connectivity index (χ1n) is 11.5. The molecule has 176 valence electrons. The maximum Gasteiger partial charge on any atom is 0.257 e. The van der Waals surface area contributed by atoms with Crippen LogP contribution >= 0.6 is 0 Å². The van der Waals surface area contributed by atoms with Gasteiger partial charge in [-0.05, 0) is 61.4 Å². The van der Waals surface area contributed by atoms with Crippen LogP contribution in [0.4, 0.5) is 4.39 Å². The number of nitrogens with zero attached hydrogens (tertiary/aromatic N) is 4. The summed E-state index contributed by atoms with van der Waals surface area (Å²) in [4.78, 5) is 32.0. The molecule has 1 saturated heterocycles. The molecule has 2 aromatic heterocycles. The van der Waals surface area contributed by atoms with Gasteiger partial charge in [-0.3, -0.25) is 14.6 Å². The maximum absolute atomic E-state index is 13.6. The van der Waals surface area contributed by atoms with E-state index >= 15 is 0 Å². The van der Waals surface area contributed by atoms with Crippen LogP contribution in [0.3, 0.4) is 0 Å². The quantitative estimate of drug-likeness (QED) is 0.477. The summed E-state index contributed by atoms with van der Waals surface area (Å²) >= 11 is 0. The molecule has 2 aromatic carbocycles. The number of amides is 2. The van der Waals surface area contributed by atoms with Crippen LogP contribution in [0.15, 0.2) is 85.3 Å². The Morgan fingerprint density at radius 3 is 2.37 bits per heavy atom. The zero-order chi connectivity index (χ0) is 24.2. The third-order valence-corrected chi connectivity index (χ3v) is 6.12. The molecule has 35 heavy (non-hydrogen) atoms. The molecule has 0 unspecified atom stereocenters. The van der Waals surface area contributed by atoms with E-state index in [4.69, 9.17) is 5.10 Å². The van der Waals surface area contributed by atoms with Crippen molar-refractivity contribution in [3.63, 3.8) is 0 Å². The molecule has 0 bridgehead atoms. The van der Waals surface area contributed by atoms with Crippen LogP contribution in [-0.2, 0) is 0 Å². The van der Waals surface area contributed by atoms with Gasteiger partial charge >= 0.3 is 0 Å². The van der Waals surface area contributed by atoms with Gasteiger partial charge in [0.2, 0.25) is 0 Å². The smallest absolute Gasteiger partial charge is 0.257 e. The van der Waals surface area contributed by atoms with Crippen molar-refractivity contribution in [1.29, 1.82) is 0 Å². The lowest BCUT2D eigenvalue weighted by Gasteiger charge is -2.32. The topological polar surface area (TPSA) is 80.1 Å². The lowest BCUT2D eigenvalue weighted by Crippen LogP contribution is -2.46. The molecule has 5 rings (SSSR count). The average Bonchev–Trinajstić information content (AvgIpc) is 3.36. The van der Waals surface area contributed by atoms with Crippen molar-refractivity contribution < 1.29 is 14.0 Å². The average molecular weight is 470 g/mol. The number of aromatic nitrogens is 3. The highest BCUT2D eigenvalue weighted by Gasteiger charge is 2.28. The maximum atomic E-state index is 13.6. The fraction of sp³-hybridized carbons (Fsp3) is 0.185. The summed E-state index contributed by atoms with van der Waals surface area (Å²) in [5.74, 6) is -0.721. The Balaban J connectivity index is 1.31. The second-order valence-electron chi connectivity index (χ2n) is 8.46. The van der Waals surface area contributed by atoms with Gasteiger partial charge in [-0.2, -0.15) is 5.10 Å².